The van der Waals surface area contributed by atoms with Gasteiger partial charge in [-0.05, 0) is 65.3 Å². The van der Waals surface area contributed by atoms with Crippen molar-refractivity contribution in [3.05, 3.63) is 23.8 Å². The van der Waals surface area contributed by atoms with Gasteiger partial charge in [0.05, 0.1) is 19.3 Å². The van der Waals surface area contributed by atoms with Gasteiger partial charge < -0.3 is 20.1 Å². The van der Waals surface area contributed by atoms with Crippen molar-refractivity contribution in [3.8, 4) is 11.5 Å². The second-order valence-corrected chi connectivity index (χ2v) is 7.14. The minimum atomic E-state index is 0.0996. The molecule has 1 aliphatic rings. The first-order valence-corrected chi connectivity index (χ1v) is 10.1. The third kappa shape index (κ3) is 6.31. The summed E-state index contributed by atoms with van der Waals surface area (Å²) < 4.78 is 11.4. The molecule has 0 aromatic heterocycles. The van der Waals surface area contributed by atoms with Crippen molar-refractivity contribution in [1.82, 2.24) is 15.5 Å². The molecule has 0 saturated heterocycles. The van der Waals surface area contributed by atoms with Gasteiger partial charge in [0.15, 0.2) is 17.5 Å². The van der Waals surface area contributed by atoms with Crippen LogP contribution in [0.1, 0.15) is 52.1 Å². The van der Waals surface area contributed by atoms with E-state index < -0.39 is 0 Å². The van der Waals surface area contributed by atoms with Gasteiger partial charge in [-0.2, -0.15) is 0 Å². The first-order valence-electron chi connectivity index (χ1n) is 10.1. The highest BCUT2D eigenvalue weighted by atomic mass is 16.5. The summed E-state index contributed by atoms with van der Waals surface area (Å²) in [6.45, 7) is 10.4. The van der Waals surface area contributed by atoms with Crippen molar-refractivity contribution >= 4 is 5.96 Å². The summed E-state index contributed by atoms with van der Waals surface area (Å²) in [7, 11) is 4.01. The van der Waals surface area contributed by atoms with Crippen molar-refractivity contribution in [1.29, 1.82) is 0 Å². The Morgan fingerprint density at radius 1 is 1.19 bits per heavy atom. The van der Waals surface area contributed by atoms with Gasteiger partial charge in [-0.1, -0.05) is 6.07 Å². The van der Waals surface area contributed by atoms with Crippen LogP contribution in [-0.4, -0.2) is 56.8 Å². The van der Waals surface area contributed by atoms with Crippen LogP contribution in [0.15, 0.2) is 23.2 Å². The summed E-state index contributed by atoms with van der Waals surface area (Å²) in [6, 6.07) is 7.43. The van der Waals surface area contributed by atoms with Crippen molar-refractivity contribution in [3.63, 3.8) is 0 Å². The number of guanidine groups is 1. The highest BCUT2D eigenvalue weighted by Gasteiger charge is 2.29. The number of aliphatic imine (C=N–C) groups is 1. The first kappa shape index (κ1) is 21.4. The molecule has 2 atom stereocenters. The minimum absolute atomic E-state index is 0.0996. The zero-order chi connectivity index (χ0) is 19.8. The molecule has 2 unspecified atom stereocenters. The van der Waals surface area contributed by atoms with E-state index in [4.69, 9.17) is 9.47 Å². The number of nitrogens with zero attached hydrogens (tertiary/aromatic N) is 2. The van der Waals surface area contributed by atoms with Crippen LogP contribution in [-0.2, 0) is 0 Å². The Bertz CT molecular complexity index is 616. The predicted octanol–water partition coefficient (Wildman–Crippen LogP) is 3.19. The maximum absolute atomic E-state index is 5.74. The van der Waals surface area contributed by atoms with Gasteiger partial charge in [-0.3, -0.25) is 9.89 Å². The summed E-state index contributed by atoms with van der Waals surface area (Å²) in [5.74, 6) is 2.38. The lowest BCUT2D eigenvalue weighted by Gasteiger charge is -2.26. The minimum Gasteiger partial charge on any atom is -0.490 e. The van der Waals surface area contributed by atoms with Crippen LogP contribution in [0.3, 0.4) is 0 Å². The second-order valence-electron chi connectivity index (χ2n) is 7.14. The normalized spacial score (nSPS) is 16.8. The van der Waals surface area contributed by atoms with E-state index in [1.807, 2.05) is 26.0 Å². The Morgan fingerprint density at radius 3 is 2.44 bits per heavy atom. The number of benzene rings is 1. The lowest BCUT2D eigenvalue weighted by Crippen LogP contribution is -2.46. The van der Waals surface area contributed by atoms with Crippen LogP contribution in [0.25, 0.3) is 0 Å². The van der Waals surface area contributed by atoms with Gasteiger partial charge in [-0.25, -0.2) is 0 Å². The Kier molecular flexibility index (Phi) is 8.23. The van der Waals surface area contributed by atoms with Crippen LogP contribution in [0.4, 0.5) is 0 Å². The van der Waals surface area contributed by atoms with Crippen molar-refractivity contribution in [2.24, 2.45) is 4.99 Å². The molecule has 1 aromatic carbocycles. The van der Waals surface area contributed by atoms with Gasteiger partial charge in [0, 0.05) is 25.7 Å². The summed E-state index contributed by atoms with van der Waals surface area (Å²) in [6.07, 6.45) is 2.65. The van der Waals surface area contributed by atoms with Crippen LogP contribution < -0.4 is 20.1 Å². The Hall–Kier alpha value is -1.95. The zero-order valence-electron chi connectivity index (χ0n) is 17.7. The molecular formula is C21H36N4O2. The number of rotatable bonds is 10. The van der Waals surface area contributed by atoms with Crippen molar-refractivity contribution in [2.75, 3.05) is 33.9 Å². The third-order valence-corrected chi connectivity index (χ3v) is 5.03. The molecule has 0 heterocycles. The van der Waals surface area contributed by atoms with Gasteiger partial charge >= 0.3 is 0 Å². The Morgan fingerprint density at radius 2 is 1.85 bits per heavy atom. The van der Waals surface area contributed by atoms with Crippen LogP contribution in [0.2, 0.25) is 0 Å². The fourth-order valence-corrected chi connectivity index (χ4v) is 3.05. The van der Waals surface area contributed by atoms with E-state index in [0.29, 0.717) is 19.3 Å². The van der Waals surface area contributed by atoms with E-state index >= 15 is 0 Å². The Balaban J connectivity index is 1.94. The van der Waals surface area contributed by atoms with Crippen LogP contribution >= 0.6 is 0 Å². The smallest absolute Gasteiger partial charge is 0.191 e. The van der Waals surface area contributed by atoms with E-state index in [1.165, 1.54) is 12.8 Å². The third-order valence-electron chi connectivity index (χ3n) is 5.03. The predicted molar refractivity (Wildman–Crippen MR) is 112 cm³/mol. The largest absolute Gasteiger partial charge is 0.490 e. The topological polar surface area (TPSA) is 58.1 Å². The van der Waals surface area contributed by atoms with Gasteiger partial charge in [0.2, 0.25) is 0 Å². The molecule has 152 valence electrons. The molecule has 2 rings (SSSR count). The van der Waals surface area contributed by atoms with Gasteiger partial charge in [0.1, 0.15) is 0 Å². The average Bonchev–Trinajstić information content (AvgIpc) is 3.51. The summed E-state index contributed by atoms with van der Waals surface area (Å²) in [5, 5.41) is 6.91. The number of likely N-dealkylation sites (N-methyl/N-ethyl adjacent to an activating group) is 1. The fourth-order valence-electron chi connectivity index (χ4n) is 3.05. The summed E-state index contributed by atoms with van der Waals surface area (Å²) >= 11 is 0. The number of nitrogens with one attached hydrogen (secondary N) is 2. The van der Waals surface area contributed by atoms with Crippen LogP contribution in [0, 0.1) is 0 Å². The van der Waals surface area contributed by atoms with E-state index in [0.717, 1.165) is 35.6 Å². The van der Waals surface area contributed by atoms with Crippen molar-refractivity contribution < 1.29 is 9.47 Å². The van der Waals surface area contributed by atoms with E-state index in [1.54, 1.807) is 7.05 Å². The van der Waals surface area contributed by atoms with Gasteiger partial charge in [0.25, 0.3) is 0 Å². The highest BCUT2D eigenvalue weighted by molar-refractivity contribution is 5.80. The molecule has 6 nitrogen and oxygen atoms in total. The van der Waals surface area contributed by atoms with Crippen LogP contribution in [0.5, 0.6) is 11.5 Å². The number of hydrogen-bond donors (Lipinski definition) is 2. The molecule has 0 amide bonds. The standard InChI is InChI=1S/C21H36N4O2/c1-7-26-19-12-9-17(13-20(19)27-8-2)16(4)24-21(22-5)23-14-15(3)25(6)18-10-11-18/h9,12-13,15-16,18H,7-8,10-11,14H2,1-6H3,(H2,22,23,24). The second kappa shape index (κ2) is 10.4. The first-order chi connectivity index (χ1) is 13.0. The molecule has 1 aromatic rings. The average molecular weight is 377 g/mol. The monoisotopic (exact) mass is 376 g/mol. The summed E-state index contributed by atoms with van der Waals surface area (Å²) in [4.78, 5) is 6.82. The molecule has 2 N–H and O–H groups in total. The lowest BCUT2D eigenvalue weighted by atomic mass is 10.1. The molecule has 0 bridgehead atoms. The van der Waals surface area contributed by atoms with Crippen molar-refractivity contribution in [2.45, 2.75) is 58.7 Å². The molecular weight excluding hydrogens is 340 g/mol. The summed E-state index contributed by atoms with van der Waals surface area (Å²) in [5.41, 5.74) is 1.13. The molecule has 0 spiro atoms. The molecule has 0 radical (unpaired) electrons. The highest BCUT2D eigenvalue weighted by Crippen LogP contribution is 2.30. The molecule has 1 fully saturated rings. The molecule has 27 heavy (non-hydrogen) atoms. The quantitative estimate of drug-likeness (QED) is 0.485. The molecule has 0 aliphatic heterocycles. The van der Waals surface area contributed by atoms with E-state index in [2.05, 4.69) is 47.5 Å². The van der Waals surface area contributed by atoms with E-state index in [-0.39, 0.29) is 6.04 Å². The number of hydrogen-bond acceptors (Lipinski definition) is 4. The Labute approximate surface area is 164 Å². The molecule has 6 heteroatoms. The maximum Gasteiger partial charge on any atom is 0.191 e. The van der Waals surface area contributed by atoms with Gasteiger partial charge in [-0.15, -0.1) is 0 Å². The molecule has 1 saturated carbocycles. The SMILES string of the molecule is CCOc1ccc(C(C)NC(=NC)NCC(C)N(C)C2CC2)cc1OCC. The zero-order valence-corrected chi connectivity index (χ0v) is 17.7. The molecule has 1 aliphatic carbocycles. The lowest BCUT2D eigenvalue weighted by molar-refractivity contribution is 0.247. The van der Waals surface area contributed by atoms with E-state index in [9.17, 15) is 0 Å². The fraction of sp³-hybridized carbons (Fsp3) is 0.667. The number of ether oxygens (including phenoxy) is 2. The maximum atomic E-state index is 5.74.